The zero-order valence-electron chi connectivity index (χ0n) is 9.98. The van der Waals surface area contributed by atoms with E-state index >= 15 is 0 Å². The lowest BCUT2D eigenvalue weighted by Gasteiger charge is -2.36. The molecule has 1 aromatic rings. The van der Waals surface area contributed by atoms with Crippen molar-refractivity contribution in [3.63, 3.8) is 0 Å². The van der Waals surface area contributed by atoms with Crippen molar-refractivity contribution in [3.05, 3.63) is 29.0 Å². The number of nitrogens with one attached hydrogen (secondary N) is 1. The summed E-state index contributed by atoms with van der Waals surface area (Å²) < 4.78 is 0. The molecule has 1 aliphatic heterocycles. The van der Waals surface area contributed by atoms with Gasteiger partial charge in [0.2, 0.25) is 0 Å². The molecule has 17 heavy (non-hydrogen) atoms. The number of rotatable bonds is 1. The van der Waals surface area contributed by atoms with E-state index in [-0.39, 0.29) is 5.91 Å². The van der Waals surface area contributed by atoms with Gasteiger partial charge in [-0.1, -0.05) is 11.6 Å². The lowest BCUT2D eigenvalue weighted by molar-refractivity contribution is 0.0674. The first-order valence-corrected chi connectivity index (χ1v) is 6.10. The standard InChI is InChI=1S/C12H16ClN3O/c1-8-6-16(7-9(2)15-8)12(17)10-3-4-14-5-11(10)13/h3-5,8-9,15H,6-7H2,1-2H3/t8-,9-/m1/s1. The summed E-state index contributed by atoms with van der Waals surface area (Å²) in [6, 6.07) is 2.29. The lowest BCUT2D eigenvalue weighted by atomic mass is 10.1. The largest absolute Gasteiger partial charge is 0.335 e. The molecule has 0 bridgehead atoms. The highest BCUT2D eigenvalue weighted by atomic mass is 35.5. The van der Waals surface area contributed by atoms with Crippen molar-refractivity contribution >= 4 is 17.5 Å². The normalized spacial score (nSPS) is 24.8. The first-order valence-electron chi connectivity index (χ1n) is 5.72. The summed E-state index contributed by atoms with van der Waals surface area (Å²) in [5, 5.41) is 3.80. The second kappa shape index (κ2) is 5.02. The molecule has 0 aromatic carbocycles. The molecular formula is C12H16ClN3O. The molecule has 0 aliphatic carbocycles. The number of nitrogens with zero attached hydrogens (tertiary/aromatic N) is 2. The number of aromatic nitrogens is 1. The van der Waals surface area contributed by atoms with E-state index in [1.54, 1.807) is 12.3 Å². The summed E-state index contributed by atoms with van der Waals surface area (Å²) in [6.45, 7) is 5.57. The maximum absolute atomic E-state index is 12.3. The fourth-order valence-electron chi connectivity index (χ4n) is 2.21. The predicted molar refractivity (Wildman–Crippen MR) is 67.2 cm³/mol. The average Bonchev–Trinajstić information content (AvgIpc) is 2.27. The number of amides is 1. The highest BCUT2D eigenvalue weighted by molar-refractivity contribution is 6.33. The van der Waals surface area contributed by atoms with Gasteiger partial charge < -0.3 is 10.2 Å². The van der Waals surface area contributed by atoms with E-state index < -0.39 is 0 Å². The first-order chi connectivity index (χ1) is 8.08. The average molecular weight is 254 g/mol. The fourth-order valence-corrected chi connectivity index (χ4v) is 2.41. The van der Waals surface area contributed by atoms with Gasteiger partial charge in [-0.2, -0.15) is 0 Å². The van der Waals surface area contributed by atoms with Gasteiger partial charge in [-0.25, -0.2) is 0 Å². The Balaban J connectivity index is 2.17. The minimum absolute atomic E-state index is 0.0161. The molecule has 2 rings (SSSR count). The Morgan fingerprint density at radius 2 is 2.12 bits per heavy atom. The molecule has 2 heterocycles. The zero-order chi connectivity index (χ0) is 12.4. The zero-order valence-corrected chi connectivity index (χ0v) is 10.7. The number of hydrogen-bond acceptors (Lipinski definition) is 3. The van der Waals surface area contributed by atoms with Crippen LogP contribution in [-0.2, 0) is 0 Å². The Kier molecular flexibility index (Phi) is 3.64. The number of piperazine rings is 1. The summed E-state index contributed by atoms with van der Waals surface area (Å²) in [7, 11) is 0. The molecule has 1 fully saturated rings. The molecular weight excluding hydrogens is 238 g/mol. The van der Waals surface area contributed by atoms with E-state index in [0.717, 1.165) is 0 Å². The minimum atomic E-state index is -0.0161. The van der Waals surface area contributed by atoms with Gasteiger partial charge in [0.15, 0.2) is 0 Å². The van der Waals surface area contributed by atoms with Crippen LogP contribution in [0.1, 0.15) is 24.2 Å². The van der Waals surface area contributed by atoms with Crippen molar-refractivity contribution in [2.24, 2.45) is 0 Å². The molecule has 1 N–H and O–H groups in total. The van der Waals surface area contributed by atoms with Crippen LogP contribution >= 0.6 is 11.6 Å². The van der Waals surface area contributed by atoms with Gasteiger partial charge in [-0.15, -0.1) is 0 Å². The van der Waals surface area contributed by atoms with Gasteiger partial charge >= 0.3 is 0 Å². The van der Waals surface area contributed by atoms with Gasteiger partial charge in [-0.05, 0) is 19.9 Å². The second-order valence-corrected chi connectivity index (χ2v) is 4.94. The van der Waals surface area contributed by atoms with Gasteiger partial charge in [0.25, 0.3) is 5.91 Å². The Hall–Kier alpha value is -1.13. The molecule has 0 spiro atoms. The van der Waals surface area contributed by atoms with Gasteiger partial charge in [0, 0.05) is 37.6 Å². The van der Waals surface area contributed by atoms with Gasteiger partial charge in [0.05, 0.1) is 10.6 Å². The van der Waals surface area contributed by atoms with E-state index in [1.807, 2.05) is 4.90 Å². The molecule has 1 amide bonds. The van der Waals surface area contributed by atoms with Crippen molar-refractivity contribution in [1.29, 1.82) is 0 Å². The van der Waals surface area contributed by atoms with Crippen LogP contribution in [0, 0.1) is 0 Å². The predicted octanol–water partition coefficient (Wildman–Crippen LogP) is 1.56. The molecule has 2 atom stereocenters. The maximum atomic E-state index is 12.3. The van der Waals surface area contributed by atoms with Crippen LogP contribution in [0.4, 0.5) is 0 Å². The van der Waals surface area contributed by atoms with Crippen LogP contribution in [-0.4, -0.2) is 41.0 Å². The van der Waals surface area contributed by atoms with Crippen molar-refractivity contribution in [2.75, 3.05) is 13.1 Å². The molecule has 1 aliphatic rings. The molecule has 1 aromatic heterocycles. The highest BCUT2D eigenvalue weighted by Crippen LogP contribution is 2.17. The van der Waals surface area contributed by atoms with Crippen molar-refractivity contribution in [2.45, 2.75) is 25.9 Å². The van der Waals surface area contributed by atoms with Crippen LogP contribution in [0.5, 0.6) is 0 Å². The SMILES string of the molecule is C[C@@H]1CN(C(=O)c2ccncc2Cl)C[C@@H](C)N1. The Labute approximate surface area is 106 Å². The van der Waals surface area contributed by atoms with Gasteiger partial charge in [0.1, 0.15) is 0 Å². The first kappa shape index (κ1) is 12.3. The van der Waals surface area contributed by atoms with E-state index in [1.165, 1.54) is 6.20 Å². The molecule has 4 nitrogen and oxygen atoms in total. The fraction of sp³-hybridized carbons (Fsp3) is 0.500. The Morgan fingerprint density at radius 1 is 1.47 bits per heavy atom. The Bertz CT molecular complexity index is 414. The minimum Gasteiger partial charge on any atom is -0.335 e. The summed E-state index contributed by atoms with van der Waals surface area (Å²) in [5.74, 6) is -0.0161. The number of hydrogen-bond donors (Lipinski definition) is 1. The van der Waals surface area contributed by atoms with E-state index in [2.05, 4.69) is 24.1 Å². The number of pyridine rings is 1. The van der Waals surface area contributed by atoms with E-state index in [4.69, 9.17) is 11.6 Å². The number of halogens is 1. The van der Waals surface area contributed by atoms with Crippen molar-refractivity contribution in [3.8, 4) is 0 Å². The summed E-state index contributed by atoms with van der Waals surface area (Å²) >= 11 is 5.99. The molecule has 1 saturated heterocycles. The molecule has 0 unspecified atom stereocenters. The molecule has 0 saturated carbocycles. The Morgan fingerprint density at radius 3 is 2.71 bits per heavy atom. The quantitative estimate of drug-likeness (QED) is 0.826. The highest BCUT2D eigenvalue weighted by Gasteiger charge is 2.26. The van der Waals surface area contributed by atoms with Crippen molar-refractivity contribution in [1.82, 2.24) is 15.2 Å². The van der Waals surface area contributed by atoms with Crippen LogP contribution < -0.4 is 5.32 Å². The maximum Gasteiger partial charge on any atom is 0.255 e. The second-order valence-electron chi connectivity index (χ2n) is 4.53. The third-order valence-electron chi connectivity index (χ3n) is 2.85. The third-order valence-corrected chi connectivity index (χ3v) is 3.15. The van der Waals surface area contributed by atoms with Crippen LogP contribution in [0.3, 0.4) is 0 Å². The summed E-state index contributed by atoms with van der Waals surface area (Å²) in [6.07, 6.45) is 3.10. The summed E-state index contributed by atoms with van der Waals surface area (Å²) in [5.41, 5.74) is 0.531. The summed E-state index contributed by atoms with van der Waals surface area (Å²) in [4.78, 5) is 18.0. The number of carbonyl (C=O) groups excluding carboxylic acids is 1. The van der Waals surface area contributed by atoms with Crippen LogP contribution in [0.25, 0.3) is 0 Å². The van der Waals surface area contributed by atoms with Crippen LogP contribution in [0.2, 0.25) is 5.02 Å². The molecule has 5 heteroatoms. The molecule has 0 radical (unpaired) electrons. The van der Waals surface area contributed by atoms with Gasteiger partial charge in [-0.3, -0.25) is 9.78 Å². The topological polar surface area (TPSA) is 45.2 Å². The van der Waals surface area contributed by atoms with Crippen molar-refractivity contribution < 1.29 is 4.79 Å². The monoisotopic (exact) mass is 253 g/mol. The third kappa shape index (κ3) is 2.76. The van der Waals surface area contributed by atoms with E-state index in [0.29, 0.717) is 35.8 Å². The number of carbonyl (C=O) groups is 1. The molecule has 92 valence electrons. The lowest BCUT2D eigenvalue weighted by Crippen LogP contribution is -2.55. The van der Waals surface area contributed by atoms with E-state index in [9.17, 15) is 4.79 Å². The van der Waals surface area contributed by atoms with Crippen LogP contribution in [0.15, 0.2) is 18.5 Å². The smallest absolute Gasteiger partial charge is 0.255 e.